The highest BCUT2D eigenvalue weighted by Crippen LogP contribution is 2.23. The van der Waals surface area contributed by atoms with Crippen molar-refractivity contribution in [2.24, 2.45) is 0 Å². The molecule has 3 amide bonds. The predicted octanol–water partition coefficient (Wildman–Crippen LogP) is 4.15. The SMILES string of the molecule is CCc1cccc(CC)c1NC(=O)CCN(C(C)=O)c1cccc(NC(C)=O)c1. The predicted molar refractivity (Wildman–Crippen MR) is 117 cm³/mol. The molecule has 0 aliphatic rings. The van der Waals surface area contributed by atoms with Crippen LogP contribution in [0, 0.1) is 0 Å². The van der Waals surface area contributed by atoms with Gasteiger partial charge in [-0.1, -0.05) is 38.1 Å². The van der Waals surface area contributed by atoms with E-state index in [-0.39, 0.29) is 30.7 Å². The molecule has 6 heteroatoms. The average molecular weight is 396 g/mol. The number of aryl methyl sites for hydroxylation is 2. The molecule has 0 unspecified atom stereocenters. The van der Waals surface area contributed by atoms with Gasteiger partial charge >= 0.3 is 0 Å². The maximum absolute atomic E-state index is 12.6. The molecule has 0 aliphatic heterocycles. The van der Waals surface area contributed by atoms with Crippen LogP contribution in [0.4, 0.5) is 17.1 Å². The van der Waals surface area contributed by atoms with Gasteiger partial charge in [0.1, 0.15) is 0 Å². The van der Waals surface area contributed by atoms with Crippen LogP contribution in [0.15, 0.2) is 42.5 Å². The van der Waals surface area contributed by atoms with Crippen LogP contribution in [-0.4, -0.2) is 24.3 Å². The van der Waals surface area contributed by atoms with Crippen LogP contribution in [0.25, 0.3) is 0 Å². The molecule has 0 saturated carbocycles. The van der Waals surface area contributed by atoms with Crippen molar-refractivity contribution in [1.29, 1.82) is 0 Å². The normalized spacial score (nSPS) is 10.3. The molecule has 2 aromatic carbocycles. The standard InChI is InChI=1S/C23H29N3O3/c1-5-18-9-7-10-19(6-2)23(18)25-22(29)13-14-26(17(4)28)21-12-8-11-20(15-21)24-16(3)27/h7-12,15H,5-6,13-14H2,1-4H3,(H,24,27)(H,25,29). The Morgan fingerprint density at radius 2 is 1.52 bits per heavy atom. The van der Waals surface area contributed by atoms with Crippen LogP contribution in [0.3, 0.4) is 0 Å². The first-order valence-electron chi connectivity index (χ1n) is 9.92. The Hall–Kier alpha value is -3.15. The highest BCUT2D eigenvalue weighted by Gasteiger charge is 2.16. The fraction of sp³-hybridized carbons (Fsp3) is 0.348. The zero-order valence-electron chi connectivity index (χ0n) is 17.5. The van der Waals surface area contributed by atoms with Crippen molar-refractivity contribution in [2.45, 2.75) is 47.0 Å². The molecule has 0 fully saturated rings. The van der Waals surface area contributed by atoms with E-state index in [0.29, 0.717) is 11.4 Å². The van der Waals surface area contributed by atoms with Crippen LogP contribution >= 0.6 is 0 Å². The Kier molecular flexibility index (Phi) is 7.95. The number of nitrogens with zero attached hydrogens (tertiary/aromatic N) is 1. The Morgan fingerprint density at radius 3 is 2.07 bits per heavy atom. The molecule has 0 aliphatic carbocycles. The van der Waals surface area contributed by atoms with Crippen molar-refractivity contribution >= 4 is 34.8 Å². The third kappa shape index (κ3) is 6.17. The number of rotatable bonds is 8. The van der Waals surface area contributed by atoms with Crippen molar-refractivity contribution in [3.63, 3.8) is 0 Å². The molecule has 0 spiro atoms. The molecule has 0 radical (unpaired) electrons. The summed E-state index contributed by atoms with van der Waals surface area (Å²) in [4.78, 5) is 37.6. The van der Waals surface area contributed by atoms with Crippen molar-refractivity contribution in [3.8, 4) is 0 Å². The number of para-hydroxylation sites is 1. The molecule has 0 bridgehead atoms. The molecule has 2 N–H and O–H groups in total. The molecular formula is C23H29N3O3. The monoisotopic (exact) mass is 395 g/mol. The van der Waals surface area contributed by atoms with E-state index in [2.05, 4.69) is 24.5 Å². The van der Waals surface area contributed by atoms with Gasteiger partial charge in [0, 0.05) is 43.9 Å². The van der Waals surface area contributed by atoms with Gasteiger partial charge in [-0.05, 0) is 42.2 Å². The molecule has 0 saturated heterocycles. The lowest BCUT2D eigenvalue weighted by molar-refractivity contribution is -0.117. The van der Waals surface area contributed by atoms with Gasteiger partial charge < -0.3 is 15.5 Å². The van der Waals surface area contributed by atoms with Gasteiger partial charge in [-0.2, -0.15) is 0 Å². The van der Waals surface area contributed by atoms with Crippen molar-refractivity contribution in [2.75, 3.05) is 22.1 Å². The number of nitrogens with one attached hydrogen (secondary N) is 2. The summed E-state index contributed by atoms with van der Waals surface area (Å²) in [7, 11) is 0. The molecule has 2 aromatic rings. The molecule has 0 aromatic heterocycles. The number of hydrogen-bond donors (Lipinski definition) is 2. The van der Waals surface area contributed by atoms with Crippen LogP contribution in [0.1, 0.15) is 45.2 Å². The Bertz CT molecular complexity index is 870. The number of carbonyl (C=O) groups is 3. The van der Waals surface area contributed by atoms with Crippen molar-refractivity contribution in [1.82, 2.24) is 0 Å². The lowest BCUT2D eigenvalue weighted by atomic mass is 10.0. The molecule has 154 valence electrons. The van der Waals surface area contributed by atoms with Crippen LogP contribution in [0.2, 0.25) is 0 Å². The van der Waals surface area contributed by atoms with Gasteiger partial charge in [-0.25, -0.2) is 0 Å². The zero-order valence-corrected chi connectivity index (χ0v) is 17.5. The third-order valence-corrected chi connectivity index (χ3v) is 4.68. The lowest BCUT2D eigenvalue weighted by Gasteiger charge is -2.22. The summed E-state index contributed by atoms with van der Waals surface area (Å²) < 4.78 is 0. The minimum atomic E-state index is -0.183. The van der Waals surface area contributed by atoms with E-state index in [0.717, 1.165) is 29.7 Å². The number of anilines is 3. The van der Waals surface area contributed by atoms with E-state index in [9.17, 15) is 14.4 Å². The summed E-state index contributed by atoms with van der Waals surface area (Å²) in [6.07, 6.45) is 1.84. The van der Waals surface area contributed by atoms with Gasteiger partial charge in [0.2, 0.25) is 17.7 Å². The lowest BCUT2D eigenvalue weighted by Crippen LogP contribution is -2.32. The van der Waals surface area contributed by atoms with Gasteiger partial charge in [-0.3, -0.25) is 14.4 Å². The molecule has 29 heavy (non-hydrogen) atoms. The van der Waals surface area contributed by atoms with Crippen molar-refractivity contribution < 1.29 is 14.4 Å². The summed E-state index contributed by atoms with van der Waals surface area (Å²) in [5, 5.41) is 5.74. The van der Waals surface area contributed by atoms with Crippen LogP contribution in [0.5, 0.6) is 0 Å². The first kappa shape index (κ1) is 22.1. The largest absolute Gasteiger partial charge is 0.326 e. The Balaban J connectivity index is 2.11. The average Bonchev–Trinajstić information content (AvgIpc) is 2.67. The fourth-order valence-corrected chi connectivity index (χ4v) is 3.24. The molecular weight excluding hydrogens is 366 g/mol. The second-order valence-corrected chi connectivity index (χ2v) is 6.86. The Morgan fingerprint density at radius 1 is 0.897 bits per heavy atom. The maximum Gasteiger partial charge on any atom is 0.226 e. The maximum atomic E-state index is 12.6. The second-order valence-electron chi connectivity index (χ2n) is 6.86. The third-order valence-electron chi connectivity index (χ3n) is 4.68. The summed E-state index contributed by atoms with van der Waals surface area (Å²) in [6, 6.07) is 13.1. The molecule has 0 atom stereocenters. The molecule has 0 heterocycles. The Labute approximate surface area is 172 Å². The minimum Gasteiger partial charge on any atom is -0.326 e. The summed E-state index contributed by atoms with van der Waals surface area (Å²) >= 11 is 0. The van der Waals surface area contributed by atoms with Gasteiger partial charge in [0.05, 0.1) is 0 Å². The van der Waals surface area contributed by atoms with E-state index >= 15 is 0 Å². The summed E-state index contributed by atoms with van der Waals surface area (Å²) in [5.41, 5.74) is 4.33. The van der Waals surface area contributed by atoms with Crippen LogP contribution < -0.4 is 15.5 Å². The first-order chi connectivity index (χ1) is 13.8. The van der Waals surface area contributed by atoms with E-state index in [1.807, 2.05) is 18.2 Å². The highest BCUT2D eigenvalue weighted by atomic mass is 16.2. The quantitative estimate of drug-likeness (QED) is 0.705. The van der Waals surface area contributed by atoms with Crippen molar-refractivity contribution in [3.05, 3.63) is 53.6 Å². The molecule has 2 rings (SSSR count). The van der Waals surface area contributed by atoms with E-state index in [4.69, 9.17) is 0 Å². The first-order valence-corrected chi connectivity index (χ1v) is 9.92. The smallest absolute Gasteiger partial charge is 0.226 e. The van der Waals surface area contributed by atoms with Gasteiger partial charge in [0.25, 0.3) is 0 Å². The summed E-state index contributed by atoms with van der Waals surface area (Å²) in [5.74, 6) is -0.483. The number of hydrogen-bond acceptors (Lipinski definition) is 3. The summed E-state index contributed by atoms with van der Waals surface area (Å²) in [6.45, 7) is 7.26. The second kappa shape index (κ2) is 10.4. The number of amides is 3. The van der Waals surface area contributed by atoms with E-state index < -0.39 is 0 Å². The number of benzene rings is 2. The van der Waals surface area contributed by atoms with E-state index in [1.165, 1.54) is 18.7 Å². The molecule has 6 nitrogen and oxygen atoms in total. The highest BCUT2D eigenvalue weighted by molar-refractivity contribution is 5.96. The zero-order chi connectivity index (χ0) is 21.4. The minimum absolute atomic E-state index is 0.134. The van der Waals surface area contributed by atoms with E-state index in [1.54, 1.807) is 24.3 Å². The topological polar surface area (TPSA) is 78.5 Å². The van der Waals surface area contributed by atoms with Crippen LogP contribution in [-0.2, 0) is 27.2 Å². The fourth-order valence-electron chi connectivity index (χ4n) is 3.24. The van der Waals surface area contributed by atoms with Gasteiger partial charge in [-0.15, -0.1) is 0 Å². The van der Waals surface area contributed by atoms with Gasteiger partial charge in [0.15, 0.2) is 0 Å². The number of carbonyl (C=O) groups excluding carboxylic acids is 3.